The van der Waals surface area contributed by atoms with Crippen LogP contribution in [0.5, 0.6) is 0 Å². The Labute approximate surface area is 105 Å². The lowest BCUT2D eigenvalue weighted by Crippen LogP contribution is -2.13. The summed E-state index contributed by atoms with van der Waals surface area (Å²) in [5.74, 6) is 0. The van der Waals surface area contributed by atoms with E-state index < -0.39 is 0 Å². The van der Waals surface area contributed by atoms with Crippen molar-refractivity contribution in [2.45, 2.75) is 19.9 Å². The van der Waals surface area contributed by atoms with Crippen molar-refractivity contribution in [2.75, 3.05) is 6.54 Å². The van der Waals surface area contributed by atoms with Gasteiger partial charge in [-0.1, -0.05) is 41.1 Å². The molecule has 0 spiro atoms. The number of benzene rings is 2. The zero-order valence-corrected chi connectivity index (χ0v) is 11.0. The van der Waals surface area contributed by atoms with Gasteiger partial charge in [-0.05, 0) is 47.5 Å². The second-order valence-electron chi connectivity index (χ2n) is 4.00. The van der Waals surface area contributed by atoms with Crippen LogP contribution in [0, 0.1) is 0 Å². The smallest absolute Gasteiger partial charge is 0.0205 e. The van der Waals surface area contributed by atoms with Gasteiger partial charge in [0.15, 0.2) is 0 Å². The van der Waals surface area contributed by atoms with Gasteiger partial charge in [0.2, 0.25) is 0 Å². The molecule has 0 aliphatic heterocycles. The largest absolute Gasteiger partial charge is 0.313 e. The van der Waals surface area contributed by atoms with E-state index in [0.29, 0.717) is 0 Å². The molecule has 0 bridgehead atoms. The average molecular weight is 278 g/mol. The monoisotopic (exact) mass is 277 g/mol. The lowest BCUT2D eigenvalue weighted by molar-refractivity contribution is 0.676. The van der Waals surface area contributed by atoms with Crippen LogP contribution in [-0.2, 0) is 6.54 Å². The highest BCUT2D eigenvalue weighted by Crippen LogP contribution is 2.20. The molecule has 84 valence electrons. The van der Waals surface area contributed by atoms with Crippen LogP contribution < -0.4 is 5.32 Å². The molecule has 0 heterocycles. The first-order valence-electron chi connectivity index (χ1n) is 5.68. The van der Waals surface area contributed by atoms with Crippen LogP contribution in [0.1, 0.15) is 18.9 Å². The molecule has 0 amide bonds. The zero-order chi connectivity index (χ0) is 11.4. The number of hydrogen-bond acceptors (Lipinski definition) is 1. The second kappa shape index (κ2) is 5.46. The third-order valence-corrected chi connectivity index (χ3v) is 3.12. The third-order valence-electron chi connectivity index (χ3n) is 2.62. The molecule has 0 aromatic heterocycles. The quantitative estimate of drug-likeness (QED) is 0.830. The first kappa shape index (κ1) is 11.6. The van der Waals surface area contributed by atoms with Crippen molar-refractivity contribution in [3.8, 4) is 0 Å². The summed E-state index contributed by atoms with van der Waals surface area (Å²) in [5, 5.41) is 6.01. The fourth-order valence-corrected chi connectivity index (χ4v) is 2.16. The van der Waals surface area contributed by atoms with Gasteiger partial charge in [-0.2, -0.15) is 0 Å². The van der Waals surface area contributed by atoms with Gasteiger partial charge in [-0.25, -0.2) is 0 Å². The van der Waals surface area contributed by atoms with Crippen molar-refractivity contribution < 1.29 is 0 Å². The van der Waals surface area contributed by atoms with Crippen molar-refractivity contribution in [3.63, 3.8) is 0 Å². The predicted octanol–water partition coefficient (Wildman–Crippen LogP) is 4.10. The molecule has 1 nitrogen and oxygen atoms in total. The standard InChI is InChI=1S/C14H16BrN/c1-2-7-16-10-11-3-4-13-9-14(15)6-5-12(13)8-11/h3-6,8-9,16H,2,7,10H2,1H3. The molecule has 2 heteroatoms. The van der Waals surface area contributed by atoms with E-state index in [1.807, 2.05) is 0 Å². The van der Waals surface area contributed by atoms with Gasteiger partial charge >= 0.3 is 0 Å². The van der Waals surface area contributed by atoms with Crippen molar-refractivity contribution in [2.24, 2.45) is 0 Å². The number of hydrogen-bond donors (Lipinski definition) is 1. The average Bonchev–Trinajstić information content (AvgIpc) is 2.29. The molecule has 16 heavy (non-hydrogen) atoms. The fourth-order valence-electron chi connectivity index (χ4n) is 1.79. The number of rotatable bonds is 4. The molecule has 0 aliphatic rings. The van der Waals surface area contributed by atoms with Gasteiger partial charge in [0.25, 0.3) is 0 Å². The first-order chi connectivity index (χ1) is 7.79. The van der Waals surface area contributed by atoms with Gasteiger partial charge in [0.05, 0.1) is 0 Å². The van der Waals surface area contributed by atoms with Gasteiger partial charge in [0, 0.05) is 11.0 Å². The molecule has 2 aromatic rings. The van der Waals surface area contributed by atoms with Crippen LogP contribution in [0.4, 0.5) is 0 Å². The first-order valence-corrected chi connectivity index (χ1v) is 6.48. The second-order valence-corrected chi connectivity index (χ2v) is 4.92. The Morgan fingerprint density at radius 1 is 1.06 bits per heavy atom. The van der Waals surface area contributed by atoms with Crippen molar-refractivity contribution in [1.29, 1.82) is 0 Å². The number of nitrogens with one attached hydrogen (secondary N) is 1. The highest BCUT2D eigenvalue weighted by Gasteiger charge is 1.97. The van der Waals surface area contributed by atoms with E-state index >= 15 is 0 Å². The highest BCUT2D eigenvalue weighted by atomic mass is 79.9. The summed E-state index contributed by atoms with van der Waals surface area (Å²) in [5.41, 5.74) is 1.35. The predicted molar refractivity (Wildman–Crippen MR) is 73.6 cm³/mol. The van der Waals surface area contributed by atoms with E-state index in [1.165, 1.54) is 22.8 Å². The minimum absolute atomic E-state index is 0.958. The molecule has 0 unspecified atom stereocenters. The summed E-state index contributed by atoms with van der Waals surface area (Å²) in [6.45, 7) is 4.23. The maximum absolute atomic E-state index is 3.49. The lowest BCUT2D eigenvalue weighted by Gasteiger charge is -2.05. The summed E-state index contributed by atoms with van der Waals surface area (Å²) in [6.07, 6.45) is 1.18. The molecular weight excluding hydrogens is 262 g/mol. The van der Waals surface area contributed by atoms with E-state index in [-0.39, 0.29) is 0 Å². The molecule has 0 saturated carbocycles. The van der Waals surface area contributed by atoms with E-state index in [4.69, 9.17) is 0 Å². The molecule has 0 saturated heterocycles. The van der Waals surface area contributed by atoms with Crippen molar-refractivity contribution >= 4 is 26.7 Å². The van der Waals surface area contributed by atoms with Gasteiger partial charge in [-0.3, -0.25) is 0 Å². The molecule has 0 fully saturated rings. The molecule has 0 radical (unpaired) electrons. The highest BCUT2D eigenvalue weighted by molar-refractivity contribution is 9.10. The minimum atomic E-state index is 0.958. The van der Waals surface area contributed by atoms with Crippen LogP contribution in [0.3, 0.4) is 0 Å². The maximum atomic E-state index is 3.49. The van der Waals surface area contributed by atoms with Crippen molar-refractivity contribution in [1.82, 2.24) is 5.32 Å². The maximum Gasteiger partial charge on any atom is 0.0205 e. The Kier molecular flexibility index (Phi) is 3.97. The molecule has 2 rings (SSSR count). The summed E-state index contributed by atoms with van der Waals surface area (Å²) in [7, 11) is 0. The van der Waals surface area contributed by atoms with Crippen LogP contribution >= 0.6 is 15.9 Å². The molecular formula is C14H16BrN. The van der Waals surface area contributed by atoms with Crippen LogP contribution in [0.25, 0.3) is 10.8 Å². The number of halogens is 1. The molecule has 1 N–H and O–H groups in total. The van der Waals surface area contributed by atoms with Crippen LogP contribution in [0.2, 0.25) is 0 Å². The topological polar surface area (TPSA) is 12.0 Å². The van der Waals surface area contributed by atoms with Gasteiger partial charge in [0.1, 0.15) is 0 Å². The Hall–Kier alpha value is -0.860. The Morgan fingerprint density at radius 3 is 2.62 bits per heavy atom. The Bertz CT molecular complexity index is 479. The van der Waals surface area contributed by atoms with Gasteiger partial charge < -0.3 is 5.32 Å². The van der Waals surface area contributed by atoms with Crippen LogP contribution in [0.15, 0.2) is 40.9 Å². The zero-order valence-electron chi connectivity index (χ0n) is 9.46. The van der Waals surface area contributed by atoms with E-state index in [1.54, 1.807) is 0 Å². The summed E-state index contributed by atoms with van der Waals surface area (Å²) in [6, 6.07) is 13.0. The van der Waals surface area contributed by atoms with Crippen molar-refractivity contribution in [3.05, 3.63) is 46.4 Å². The summed E-state index contributed by atoms with van der Waals surface area (Å²) < 4.78 is 1.14. The summed E-state index contributed by atoms with van der Waals surface area (Å²) in [4.78, 5) is 0. The lowest BCUT2D eigenvalue weighted by atomic mass is 10.1. The fraction of sp³-hybridized carbons (Fsp3) is 0.286. The Balaban J connectivity index is 2.20. The molecule has 2 aromatic carbocycles. The minimum Gasteiger partial charge on any atom is -0.313 e. The van der Waals surface area contributed by atoms with E-state index in [9.17, 15) is 0 Å². The van der Waals surface area contributed by atoms with E-state index in [0.717, 1.165) is 17.6 Å². The number of fused-ring (bicyclic) bond motifs is 1. The summed E-state index contributed by atoms with van der Waals surface area (Å²) >= 11 is 3.49. The Morgan fingerprint density at radius 2 is 1.81 bits per heavy atom. The normalized spacial score (nSPS) is 10.9. The van der Waals surface area contributed by atoms with E-state index in [2.05, 4.69) is 64.6 Å². The molecule has 0 aliphatic carbocycles. The van der Waals surface area contributed by atoms with Gasteiger partial charge in [-0.15, -0.1) is 0 Å². The SMILES string of the molecule is CCCNCc1ccc2cc(Br)ccc2c1. The molecule has 0 atom stereocenters. The van der Waals surface area contributed by atoms with Crippen LogP contribution in [-0.4, -0.2) is 6.54 Å². The third kappa shape index (κ3) is 2.83.